The number of anilines is 1. The molecule has 0 spiro atoms. The van der Waals surface area contributed by atoms with Gasteiger partial charge in [0, 0.05) is 51.0 Å². The van der Waals surface area contributed by atoms with Crippen LogP contribution in [0.3, 0.4) is 0 Å². The minimum absolute atomic E-state index is 0.000772. The van der Waals surface area contributed by atoms with Gasteiger partial charge in [-0.3, -0.25) is 19.8 Å². The zero-order valence-corrected chi connectivity index (χ0v) is 21.4. The Labute approximate surface area is 224 Å². The molecule has 4 rings (SSSR count). The fourth-order valence-corrected chi connectivity index (χ4v) is 5.00. The van der Waals surface area contributed by atoms with E-state index in [0.29, 0.717) is 6.20 Å². The lowest BCUT2D eigenvalue weighted by atomic mass is 9.96. The Balaban J connectivity index is 1.26. The first kappa shape index (κ1) is 29.8. The molecule has 3 aliphatic heterocycles. The number of amides is 3. The lowest BCUT2D eigenvalue weighted by Crippen LogP contribution is -2.64. The molecule has 4 N–H and O–H groups in total. The second kappa shape index (κ2) is 11.7. The van der Waals surface area contributed by atoms with Crippen LogP contribution in [-0.4, -0.2) is 97.8 Å². The van der Waals surface area contributed by atoms with E-state index in [-0.39, 0.29) is 69.6 Å². The Morgan fingerprint density at radius 1 is 1.20 bits per heavy atom. The monoisotopic (exact) mass is 581 g/mol. The fourth-order valence-electron chi connectivity index (χ4n) is 5.00. The highest BCUT2D eigenvalue weighted by Crippen LogP contribution is 2.33. The second-order valence-corrected chi connectivity index (χ2v) is 9.88. The van der Waals surface area contributed by atoms with Crippen LogP contribution in [0.5, 0.6) is 0 Å². The van der Waals surface area contributed by atoms with Crippen molar-refractivity contribution in [2.45, 2.75) is 43.8 Å². The highest BCUT2D eigenvalue weighted by atomic mass is 19.4. The molecule has 0 bridgehead atoms. The van der Waals surface area contributed by atoms with Crippen LogP contribution in [0.2, 0.25) is 0 Å². The number of rotatable bonds is 7. The third kappa shape index (κ3) is 6.75. The van der Waals surface area contributed by atoms with Crippen molar-refractivity contribution in [3.05, 3.63) is 23.4 Å². The molecule has 17 heteroatoms. The van der Waals surface area contributed by atoms with E-state index in [0.717, 1.165) is 6.07 Å². The Morgan fingerprint density at radius 2 is 1.95 bits per heavy atom. The first-order valence-corrected chi connectivity index (χ1v) is 12.6. The van der Waals surface area contributed by atoms with E-state index in [1.165, 1.54) is 0 Å². The summed E-state index contributed by atoms with van der Waals surface area (Å²) in [6.07, 6.45) is -8.69. The zero-order chi connectivity index (χ0) is 29.2. The summed E-state index contributed by atoms with van der Waals surface area (Å²) >= 11 is 0. The summed E-state index contributed by atoms with van der Waals surface area (Å²) in [5.74, 6) is -4.18. The van der Waals surface area contributed by atoms with Gasteiger partial charge in [-0.05, 0) is 13.0 Å². The molecule has 0 radical (unpaired) electrons. The third-order valence-corrected chi connectivity index (χ3v) is 6.94. The summed E-state index contributed by atoms with van der Waals surface area (Å²) in [5, 5.41) is 5.34. The van der Waals surface area contributed by atoms with Crippen LogP contribution in [0.15, 0.2) is 12.3 Å². The van der Waals surface area contributed by atoms with Crippen molar-refractivity contribution in [1.29, 1.82) is 0 Å². The molecule has 0 saturated carbocycles. The van der Waals surface area contributed by atoms with Crippen LogP contribution in [0, 0.1) is 5.92 Å². The SMILES string of the molecule is C[C@@H](COCCC(=O)N1CCN2c3ncc(C(F)(F)F)cc3C(=O)NCC2C1)NC1CNNC(=O)C1C(F)(F)F. The molecule has 3 unspecified atom stereocenters. The zero-order valence-electron chi connectivity index (χ0n) is 21.4. The second-order valence-electron chi connectivity index (χ2n) is 9.88. The summed E-state index contributed by atoms with van der Waals surface area (Å²) in [4.78, 5) is 44.1. The molecular formula is C23H29F6N7O4. The van der Waals surface area contributed by atoms with Crippen LogP contribution in [0.25, 0.3) is 0 Å². The maximum Gasteiger partial charge on any atom is 0.417 e. The Bertz CT molecular complexity index is 1120. The molecular weight excluding hydrogens is 552 g/mol. The first-order valence-electron chi connectivity index (χ1n) is 12.6. The van der Waals surface area contributed by atoms with Gasteiger partial charge in [0.25, 0.3) is 5.91 Å². The number of hydrogen-bond acceptors (Lipinski definition) is 8. The number of pyridine rings is 1. The molecule has 2 saturated heterocycles. The maximum absolute atomic E-state index is 13.3. The molecule has 4 atom stereocenters. The van der Waals surface area contributed by atoms with Crippen LogP contribution in [0.1, 0.15) is 29.3 Å². The summed E-state index contributed by atoms with van der Waals surface area (Å²) in [5.41, 5.74) is 3.20. The molecule has 0 aliphatic carbocycles. The number of carbonyl (C=O) groups is 3. The minimum atomic E-state index is -4.72. The number of nitrogens with zero attached hydrogens (tertiary/aromatic N) is 3. The van der Waals surface area contributed by atoms with Gasteiger partial charge < -0.3 is 25.2 Å². The van der Waals surface area contributed by atoms with Gasteiger partial charge in [0.15, 0.2) is 5.92 Å². The fraction of sp³-hybridized carbons (Fsp3) is 0.652. The number of fused-ring (bicyclic) bond motifs is 3. The molecule has 0 aromatic carbocycles. The highest BCUT2D eigenvalue weighted by Gasteiger charge is 2.51. The van der Waals surface area contributed by atoms with Gasteiger partial charge in [0.05, 0.1) is 36.8 Å². The van der Waals surface area contributed by atoms with Gasteiger partial charge in [-0.1, -0.05) is 0 Å². The van der Waals surface area contributed by atoms with E-state index >= 15 is 0 Å². The molecule has 1 aromatic heterocycles. The van der Waals surface area contributed by atoms with E-state index in [4.69, 9.17) is 4.74 Å². The molecule has 3 amide bonds. The topological polar surface area (TPSA) is 128 Å². The van der Waals surface area contributed by atoms with Gasteiger partial charge in [-0.15, -0.1) is 0 Å². The quantitative estimate of drug-likeness (QED) is 0.270. The van der Waals surface area contributed by atoms with Crippen LogP contribution >= 0.6 is 0 Å². The average molecular weight is 582 g/mol. The number of alkyl halides is 6. The molecule has 222 valence electrons. The number of carbonyl (C=O) groups excluding carboxylic acids is 3. The number of hydrogen-bond donors (Lipinski definition) is 4. The van der Waals surface area contributed by atoms with E-state index < -0.39 is 53.8 Å². The average Bonchev–Trinajstić information content (AvgIpc) is 3.01. The lowest BCUT2D eigenvalue weighted by molar-refractivity contribution is -0.193. The van der Waals surface area contributed by atoms with E-state index in [1.807, 2.05) is 5.43 Å². The van der Waals surface area contributed by atoms with Crippen LogP contribution < -0.4 is 26.4 Å². The van der Waals surface area contributed by atoms with E-state index in [2.05, 4.69) is 21.0 Å². The molecule has 4 heterocycles. The predicted molar refractivity (Wildman–Crippen MR) is 127 cm³/mol. The predicted octanol–water partition coefficient (Wildman–Crippen LogP) is 0.427. The maximum atomic E-state index is 13.3. The smallest absolute Gasteiger partial charge is 0.379 e. The number of aromatic nitrogens is 1. The van der Waals surface area contributed by atoms with Crippen molar-refractivity contribution in [3.8, 4) is 0 Å². The summed E-state index contributed by atoms with van der Waals surface area (Å²) in [7, 11) is 0. The first-order chi connectivity index (χ1) is 18.8. The van der Waals surface area contributed by atoms with Gasteiger partial charge in [0.2, 0.25) is 11.8 Å². The molecule has 1 aromatic rings. The minimum Gasteiger partial charge on any atom is -0.379 e. The van der Waals surface area contributed by atoms with Gasteiger partial charge in [-0.2, -0.15) is 26.3 Å². The van der Waals surface area contributed by atoms with Crippen molar-refractivity contribution in [2.75, 3.05) is 50.8 Å². The summed E-state index contributed by atoms with van der Waals surface area (Å²) < 4.78 is 84.6. The lowest BCUT2D eigenvalue weighted by Gasteiger charge is -2.41. The number of nitrogens with one attached hydrogen (secondary N) is 4. The summed E-state index contributed by atoms with van der Waals surface area (Å²) in [6.45, 7) is 2.29. The standard InChI is InChI=1S/C23H29F6N7O4/c1-12(33-16-9-32-34-21(39)18(16)23(27,28)29)11-40-5-2-17(37)35-3-4-36-14(10-35)8-31-20(38)15-6-13(22(24,25)26)7-30-19(15)36/h6-7,12,14,16,18,32-33H,2-5,8-11H2,1H3,(H,31,38)(H,34,39)/t12-,14?,16?,18?/m0/s1. The number of ether oxygens (including phenoxy) is 1. The normalized spacial score (nSPS) is 24.4. The molecule has 11 nitrogen and oxygen atoms in total. The van der Waals surface area contributed by atoms with Gasteiger partial charge in [-0.25, -0.2) is 10.4 Å². The van der Waals surface area contributed by atoms with Crippen molar-refractivity contribution in [3.63, 3.8) is 0 Å². The van der Waals surface area contributed by atoms with Crippen LogP contribution in [0.4, 0.5) is 32.2 Å². The molecule has 2 fully saturated rings. The van der Waals surface area contributed by atoms with E-state index in [1.54, 1.807) is 16.7 Å². The molecule has 40 heavy (non-hydrogen) atoms. The van der Waals surface area contributed by atoms with Crippen molar-refractivity contribution >= 4 is 23.5 Å². The largest absolute Gasteiger partial charge is 0.417 e. The Kier molecular flexibility index (Phi) is 8.75. The number of halogens is 6. The van der Waals surface area contributed by atoms with Crippen molar-refractivity contribution in [2.24, 2.45) is 5.92 Å². The Hall–Kier alpha value is -3.18. The van der Waals surface area contributed by atoms with Crippen molar-refractivity contribution in [1.82, 2.24) is 31.4 Å². The Morgan fingerprint density at radius 3 is 2.65 bits per heavy atom. The van der Waals surface area contributed by atoms with Crippen LogP contribution in [-0.2, 0) is 20.5 Å². The number of hydrazine groups is 1. The van der Waals surface area contributed by atoms with E-state index in [9.17, 15) is 40.7 Å². The van der Waals surface area contributed by atoms with Gasteiger partial charge >= 0.3 is 12.4 Å². The molecule has 3 aliphatic rings. The highest BCUT2D eigenvalue weighted by molar-refractivity contribution is 6.00. The van der Waals surface area contributed by atoms with Gasteiger partial charge in [0.1, 0.15) is 5.82 Å². The third-order valence-electron chi connectivity index (χ3n) is 6.94. The number of piperazine rings is 1. The summed E-state index contributed by atoms with van der Waals surface area (Å²) in [6, 6.07) is -1.36. The van der Waals surface area contributed by atoms with Crippen molar-refractivity contribution < 1.29 is 45.5 Å².